The van der Waals surface area contributed by atoms with Crippen molar-refractivity contribution in [2.45, 2.75) is 39.4 Å². The molecule has 0 aliphatic heterocycles. The molecule has 0 saturated heterocycles. The number of nitrogens with two attached hydrogens (primary N) is 1. The van der Waals surface area contributed by atoms with Crippen LogP contribution in [0.25, 0.3) is 16.9 Å². The van der Waals surface area contributed by atoms with Crippen molar-refractivity contribution in [2.24, 2.45) is 5.41 Å². The SMILES string of the molecule is CN(Cc1ccccc1)C(=O)c1ccc(-n2nc(-c3ccc(C(F)(F)F)cc3)c3c2CC(C)(C)CC3=O)c(N)c1. The number of anilines is 1. The van der Waals surface area contributed by atoms with Crippen LogP contribution in [0.3, 0.4) is 0 Å². The molecule has 1 aliphatic carbocycles. The summed E-state index contributed by atoms with van der Waals surface area (Å²) in [5, 5.41) is 4.71. The average molecular weight is 547 g/mol. The number of fused-ring (bicyclic) bond motifs is 1. The number of aromatic nitrogens is 2. The molecular formula is C31H29F3N4O2. The number of nitrogens with zero attached hydrogens (tertiary/aromatic N) is 3. The molecule has 1 aliphatic rings. The summed E-state index contributed by atoms with van der Waals surface area (Å²) in [5.41, 5.74) is 9.26. The van der Waals surface area contributed by atoms with Gasteiger partial charge < -0.3 is 10.6 Å². The lowest BCUT2D eigenvalue weighted by Crippen LogP contribution is -2.28. The first-order valence-corrected chi connectivity index (χ1v) is 12.9. The molecule has 1 aromatic heterocycles. The van der Waals surface area contributed by atoms with Gasteiger partial charge in [-0.2, -0.15) is 18.3 Å². The van der Waals surface area contributed by atoms with Crippen molar-refractivity contribution < 1.29 is 22.8 Å². The Bertz CT molecular complexity index is 1590. The summed E-state index contributed by atoms with van der Waals surface area (Å²) < 4.78 is 41.0. The van der Waals surface area contributed by atoms with Crippen LogP contribution in [0.15, 0.2) is 72.8 Å². The van der Waals surface area contributed by atoms with Gasteiger partial charge in [0.05, 0.1) is 28.2 Å². The maximum absolute atomic E-state index is 13.3. The van der Waals surface area contributed by atoms with Gasteiger partial charge in [0, 0.05) is 31.1 Å². The number of carbonyl (C=O) groups is 2. The third-order valence-electron chi connectivity index (χ3n) is 7.14. The fourth-order valence-corrected chi connectivity index (χ4v) is 5.20. The number of hydrogen-bond acceptors (Lipinski definition) is 4. The Morgan fingerprint density at radius 3 is 2.33 bits per heavy atom. The van der Waals surface area contributed by atoms with Crippen LogP contribution in [0.5, 0.6) is 0 Å². The number of carbonyl (C=O) groups excluding carboxylic acids is 2. The van der Waals surface area contributed by atoms with E-state index in [1.54, 1.807) is 34.8 Å². The summed E-state index contributed by atoms with van der Waals surface area (Å²) in [6, 6.07) is 19.2. The smallest absolute Gasteiger partial charge is 0.397 e. The number of ketones is 1. The van der Waals surface area contributed by atoms with E-state index in [2.05, 4.69) is 0 Å². The van der Waals surface area contributed by atoms with Crippen molar-refractivity contribution in [2.75, 3.05) is 12.8 Å². The van der Waals surface area contributed by atoms with Crippen LogP contribution >= 0.6 is 0 Å². The summed E-state index contributed by atoms with van der Waals surface area (Å²) in [4.78, 5) is 28.0. The fraction of sp³-hybridized carbons (Fsp3) is 0.258. The van der Waals surface area contributed by atoms with Crippen LogP contribution in [0.4, 0.5) is 18.9 Å². The first-order chi connectivity index (χ1) is 18.8. The van der Waals surface area contributed by atoms with Crippen LogP contribution < -0.4 is 5.73 Å². The number of Topliss-reactive ketones (excluding diaryl/α,β-unsaturated/α-hetero) is 1. The van der Waals surface area contributed by atoms with Crippen LogP contribution in [0, 0.1) is 5.41 Å². The zero-order chi connectivity index (χ0) is 28.8. The van der Waals surface area contributed by atoms with Crippen molar-refractivity contribution in [3.05, 3.63) is 101 Å². The molecule has 4 aromatic rings. The number of nitrogen functional groups attached to an aromatic ring is 1. The van der Waals surface area contributed by atoms with E-state index < -0.39 is 11.7 Å². The van der Waals surface area contributed by atoms with Gasteiger partial charge in [0.1, 0.15) is 5.69 Å². The predicted octanol–water partition coefficient (Wildman–Crippen LogP) is 6.57. The average Bonchev–Trinajstić information content (AvgIpc) is 3.26. The number of rotatable bonds is 5. The summed E-state index contributed by atoms with van der Waals surface area (Å²) in [6.07, 6.45) is -3.67. The van der Waals surface area contributed by atoms with Crippen molar-refractivity contribution in [1.29, 1.82) is 0 Å². The Hall–Kier alpha value is -4.40. The third-order valence-corrected chi connectivity index (χ3v) is 7.14. The largest absolute Gasteiger partial charge is 0.416 e. The van der Waals surface area contributed by atoms with Crippen LogP contribution in [0.1, 0.15) is 57.8 Å². The van der Waals surface area contributed by atoms with Gasteiger partial charge in [0.25, 0.3) is 5.91 Å². The normalized spacial score (nSPS) is 14.6. The molecule has 0 unspecified atom stereocenters. The van der Waals surface area contributed by atoms with Gasteiger partial charge >= 0.3 is 6.18 Å². The number of hydrogen-bond donors (Lipinski definition) is 1. The molecule has 40 heavy (non-hydrogen) atoms. The zero-order valence-electron chi connectivity index (χ0n) is 22.4. The Morgan fingerprint density at radius 2 is 1.70 bits per heavy atom. The van der Waals surface area contributed by atoms with Gasteiger partial charge in [-0.25, -0.2) is 4.68 Å². The molecule has 1 amide bonds. The number of halogens is 3. The maximum Gasteiger partial charge on any atom is 0.416 e. The molecule has 0 radical (unpaired) electrons. The maximum atomic E-state index is 13.3. The Morgan fingerprint density at radius 1 is 1.02 bits per heavy atom. The first-order valence-electron chi connectivity index (χ1n) is 12.9. The molecule has 9 heteroatoms. The van der Waals surface area contributed by atoms with Crippen molar-refractivity contribution >= 4 is 17.4 Å². The highest BCUT2D eigenvalue weighted by Gasteiger charge is 2.38. The second kappa shape index (κ2) is 9.97. The molecule has 5 rings (SSSR count). The highest BCUT2D eigenvalue weighted by Crippen LogP contribution is 2.41. The molecule has 0 spiro atoms. The lowest BCUT2D eigenvalue weighted by Gasteiger charge is -2.29. The summed E-state index contributed by atoms with van der Waals surface area (Å²) in [7, 11) is 1.72. The van der Waals surface area contributed by atoms with E-state index in [4.69, 9.17) is 10.8 Å². The van der Waals surface area contributed by atoms with Gasteiger partial charge in [-0.05, 0) is 47.7 Å². The third kappa shape index (κ3) is 5.23. The quantitative estimate of drug-likeness (QED) is 0.287. The molecule has 6 nitrogen and oxygen atoms in total. The Labute approximate surface area is 230 Å². The molecule has 2 N–H and O–H groups in total. The molecule has 0 saturated carbocycles. The predicted molar refractivity (Wildman–Crippen MR) is 147 cm³/mol. The molecular weight excluding hydrogens is 517 g/mol. The van der Waals surface area contributed by atoms with Crippen LogP contribution in [-0.4, -0.2) is 33.4 Å². The summed E-state index contributed by atoms with van der Waals surface area (Å²) in [6.45, 7) is 4.40. The van der Waals surface area contributed by atoms with E-state index in [1.165, 1.54) is 12.1 Å². The number of amides is 1. The zero-order valence-corrected chi connectivity index (χ0v) is 22.4. The molecule has 0 atom stereocenters. The minimum atomic E-state index is -4.47. The van der Waals surface area contributed by atoms with Crippen LogP contribution in [-0.2, 0) is 19.1 Å². The molecule has 0 fully saturated rings. The van der Waals surface area contributed by atoms with Gasteiger partial charge in [-0.3, -0.25) is 9.59 Å². The lowest BCUT2D eigenvalue weighted by atomic mass is 9.75. The highest BCUT2D eigenvalue weighted by atomic mass is 19.4. The standard InChI is InChI=1S/C31H29F3N4O2/c1-30(2)16-25-27(26(39)17-30)28(20-9-12-22(13-10-20)31(32,33)34)36-38(25)24-14-11-21(15-23(24)35)29(40)37(3)18-19-7-5-4-6-8-19/h4-15H,16-18,35H2,1-3H3. The van der Waals surface area contributed by atoms with Crippen molar-refractivity contribution in [3.63, 3.8) is 0 Å². The molecule has 3 aromatic carbocycles. The van der Waals surface area contributed by atoms with Gasteiger partial charge in [0.15, 0.2) is 5.78 Å². The van der Waals surface area contributed by atoms with E-state index >= 15 is 0 Å². The summed E-state index contributed by atoms with van der Waals surface area (Å²) >= 11 is 0. The number of alkyl halides is 3. The summed E-state index contributed by atoms with van der Waals surface area (Å²) in [5.74, 6) is -0.327. The highest BCUT2D eigenvalue weighted by molar-refractivity contribution is 6.04. The van der Waals surface area contributed by atoms with E-state index in [0.29, 0.717) is 52.4 Å². The monoisotopic (exact) mass is 546 g/mol. The Balaban J connectivity index is 1.53. The van der Waals surface area contributed by atoms with Gasteiger partial charge in [0.2, 0.25) is 0 Å². The molecule has 206 valence electrons. The Kier molecular flexibility index (Phi) is 6.77. The first kappa shape index (κ1) is 27.2. The van der Waals surface area contributed by atoms with E-state index in [0.717, 1.165) is 17.7 Å². The van der Waals surface area contributed by atoms with Crippen molar-refractivity contribution in [1.82, 2.24) is 14.7 Å². The second-order valence-electron chi connectivity index (χ2n) is 11.0. The van der Waals surface area contributed by atoms with Crippen LogP contribution in [0.2, 0.25) is 0 Å². The lowest BCUT2D eigenvalue weighted by molar-refractivity contribution is -0.137. The number of benzene rings is 3. The minimum Gasteiger partial charge on any atom is -0.397 e. The van der Waals surface area contributed by atoms with Gasteiger partial charge in [-0.15, -0.1) is 0 Å². The molecule has 0 bridgehead atoms. The van der Waals surface area contributed by atoms with E-state index in [1.807, 2.05) is 44.2 Å². The second-order valence-corrected chi connectivity index (χ2v) is 11.0. The van der Waals surface area contributed by atoms with E-state index in [-0.39, 0.29) is 23.5 Å². The topological polar surface area (TPSA) is 81.2 Å². The van der Waals surface area contributed by atoms with E-state index in [9.17, 15) is 22.8 Å². The van der Waals surface area contributed by atoms with Crippen molar-refractivity contribution in [3.8, 4) is 16.9 Å². The fourth-order valence-electron chi connectivity index (χ4n) is 5.20. The van der Waals surface area contributed by atoms with Gasteiger partial charge in [-0.1, -0.05) is 56.3 Å². The molecule has 1 heterocycles. The minimum absolute atomic E-state index is 0.125.